The molecule has 2 aromatic heterocycles. The third-order valence-corrected chi connectivity index (χ3v) is 4.88. The maximum absolute atomic E-state index is 9.55. The Labute approximate surface area is 208 Å². The maximum Gasteiger partial charge on any atom is 0.328 e. The third kappa shape index (κ3) is 7.25. The van der Waals surface area contributed by atoms with Crippen LogP contribution in [0.4, 0.5) is 0 Å². The van der Waals surface area contributed by atoms with E-state index in [9.17, 15) is 9.59 Å². The first-order valence-electron chi connectivity index (χ1n) is 11.2. The summed E-state index contributed by atoms with van der Waals surface area (Å²) in [4.78, 5) is 25.8. The summed E-state index contributed by atoms with van der Waals surface area (Å²) in [7, 11) is 4.09. The number of carboxylic acids is 2. The highest BCUT2D eigenvalue weighted by Crippen LogP contribution is 2.29. The van der Waals surface area contributed by atoms with Gasteiger partial charge in [0.2, 0.25) is 0 Å². The second-order valence-corrected chi connectivity index (χ2v) is 8.20. The van der Waals surface area contributed by atoms with Crippen molar-refractivity contribution in [2.24, 2.45) is 0 Å². The molecule has 2 heterocycles. The highest BCUT2D eigenvalue weighted by molar-refractivity contribution is 5.92. The minimum absolute atomic E-state index is 0.0950. The first-order valence-corrected chi connectivity index (χ1v) is 11.2. The van der Waals surface area contributed by atoms with E-state index < -0.39 is 11.9 Å². The number of carboxylic acid groups (broad SMARTS) is 2. The van der Waals surface area contributed by atoms with Gasteiger partial charge in [-0.1, -0.05) is 36.4 Å². The van der Waals surface area contributed by atoms with Crippen LogP contribution >= 0.6 is 0 Å². The zero-order chi connectivity index (χ0) is 26.1. The number of hydrogen-bond acceptors (Lipinski definition) is 6. The molecule has 186 valence electrons. The van der Waals surface area contributed by atoms with E-state index in [4.69, 9.17) is 20.0 Å². The number of carbonyl (C=O) groups is 2. The van der Waals surface area contributed by atoms with Gasteiger partial charge < -0.3 is 19.8 Å². The largest absolute Gasteiger partial charge is 0.489 e. The molecule has 1 atom stereocenters. The van der Waals surface area contributed by atoms with Crippen LogP contribution in [0.3, 0.4) is 0 Å². The van der Waals surface area contributed by atoms with Gasteiger partial charge in [-0.3, -0.25) is 0 Å². The molecular weight excluding hydrogens is 460 g/mol. The van der Waals surface area contributed by atoms with Gasteiger partial charge in [-0.2, -0.15) is 5.10 Å². The molecule has 4 rings (SSSR count). The van der Waals surface area contributed by atoms with Crippen LogP contribution in [0.1, 0.15) is 6.92 Å². The smallest absolute Gasteiger partial charge is 0.328 e. The predicted molar refractivity (Wildman–Crippen MR) is 137 cm³/mol. The molecule has 9 nitrogen and oxygen atoms in total. The van der Waals surface area contributed by atoms with E-state index in [1.54, 1.807) is 6.20 Å². The van der Waals surface area contributed by atoms with Crippen molar-refractivity contribution in [3.05, 3.63) is 85.1 Å². The van der Waals surface area contributed by atoms with Gasteiger partial charge in [-0.25, -0.2) is 19.3 Å². The lowest BCUT2D eigenvalue weighted by molar-refractivity contribution is -0.134. The number of hydrogen-bond donors (Lipinski definition) is 2. The first-order chi connectivity index (χ1) is 17.2. The van der Waals surface area contributed by atoms with Crippen molar-refractivity contribution in [3.8, 4) is 22.7 Å². The Morgan fingerprint density at radius 3 is 2.33 bits per heavy atom. The Balaban J connectivity index is 0.000000392. The number of aliphatic carboxylic acids is 2. The third-order valence-electron chi connectivity index (χ3n) is 4.88. The van der Waals surface area contributed by atoms with E-state index in [1.165, 1.54) is 0 Å². The molecular formula is C27H28N4O5. The van der Waals surface area contributed by atoms with Gasteiger partial charge in [0.1, 0.15) is 17.5 Å². The zero-order valence-electron chi connectivity index (χ0n) is 20.3. The van der Waals surface area contributed by atoms with Crippen molar-refractivity contribution >= 4 is 23.0 Å². The molecule has 0 bridgehead atoms. The van der Waals surface area contributed by atoms with Gasteiger partial charge in [-0.15, -0.1) is 0 Å². The highest BCUT2D eigenvalue weighted by Gasteiger charge is 2.15. The molecule has 2 aromatic carbocycles. The predicted octanol–water partition coefficient (Wildman–Crippen LogP) is 4.13. The fourth-order valence-corrected chi connectivity index (χ4v) is 3.56. The van der Waals surface area contributed by atoms with Gasteiger partial charge in [0, 0.05) is 41.9 Å². The van der Waals surface area contributed by atoms with Crippen molar-refractivity contribution in [2.75, 3.05) is 20.6 Å². The number of ether oxygens (including phenoxy) is 1. The van der Waals surface area contributed by atoms with Crippen molar-refractivity contribution in [3.63, 3.8) is 0 Å². The SMILES string of the molecule is CC(CN(C)C)Oc1cccc(-n2nc(-c3ccccc3)c3cccnc32)c1.O=C(O)/C=C\C(=O)O. The molecule has 0 amide bonds. The van der Waals surface area contributed by atoms with Crippen molar-refractivity contribution in [2.45, 2.75) is 13.0 Å². The highest BCUT2D eigenvalue weighted by atomic mass is 16.5. The molecule has 0 aliphatic heterocycles. The molecule has 0 saturated carbocycles. The van der Waals surface area contributed by atoms with Crippen LogP contribution in [0.2, 0.25) is 0 Å². The van der Waals surface area contributed by atoms with E-state index in [1.807, 2.05) is 67.3 Å². The summed E-state index contributed by atoms with van der Waals surface area (Å²) in [5, 5.41) is 21.5. The molecule has 9 heteroatoms. The summed E-state index contributed by atoms with van der Waals surface area (Å²) in [5.41, 5.74) is 3.77. The number of aromatic nitrogens is 3. The average molecular weight is 489 g/mol. The zero-order valence-corrected chi connectivity index (χ0v) is 20.3. The molecule has 0 aliphatic carbocycles. The standard InChI is InChI=1S/C23H24N4O.C4H4O4/c1-17(16-26(2)3)28-20-12-7-11-19(15-20)27-23-21(13-8-14-24-23)22(25-27)18-9-5-4-6-10-18;5-3(6)1-2-4(7)8/h4-15,17H,16H2,1-3H3;1-2H,(H,5,6)(H,7,8)/b;2-1-. The summed E-state index contributed by atoms with van der Waals surface area (Å²) in [6.07, 6.45) is 3.01. The lowest BCUT2D eigenvalue weighted by Gasteiger charge is -2.19. The fourth-order valence-electron chi connectivity index (χ4n) is 3.56. The maximum atomic E-state index is 9.55. The van der Waals surface area contributed by atoms with Crippen molar-refractivity contribution < 1.29 is 24.5 Å². The van der Waals surface area contributed by atoms with Crippen molar-refractivity contribution in [1.29, 1.82) is 0 Å². The van der Waals surface area contributed by atoms with Gasteiger partial charge in [0.05, 0.1) is 5.69 Å². The number of pyridine rings is 1. The van der Waals surface area contributed by atoms with Crippen LogP contribution in [0.5, 0.6) is 5.75 Å². The molecule has 1 unspecified atom stereocenters. The molecule has 0 radical (unpaired) electrons. The Morgan fingerprint density at radius 1 is 1.00 bits per heavy atom. The monoisotopic (exact) mass is 488 g/mol. The summed E-state index contributed by atoms with van der Waals surface area (Å²) in [6, 6.07) is 22.2. The summed E-state index contributed by atoms with van der Waals surface area (Å²) < 4.78 is 7.98. The van der Waals surface area contributed by atoms with E-state index in [0.29, 0.717) is 12.2 Å². The molecule has 0 spiro atoms. The topological polar surface area (TPSA) is 118 Å². The number of benzene rings is 2. The van der Waals surface area contributed by atoms with Crippen molar-refractivity contribution in [1.82, 2.24) is 19.7 Å². The Kier molecular flexibility index (Phi) is 8.90. The van der Waals surface area contributed by atoms with E-state index in [2.05, 4.69) is 35.0 Å². The van der Waals surface area contributed by atoms with Gasteiger partial charge in [0.25, 0.3) is 0 Å². The summed E-state index contributed by atoms with van der Waals surface area (Å²) in [6.45, 7) is 2.93. The normalized spacial score (nSPS) is 11.8. The Morgan fingerprint density at radius 2 is 1.69 bits per heavy atom. The van der Waals surface area contributed by atoms with Gasteiger partial charge in [-0.05, 0) is 45.3 Å². The molecule has 0 fully saturated rings. The second-order valence-electron chi connectivity index (χ2n) is 8.20. The second kappa shape index (κ2) is 12.3. The molecule has 0 aliphatic rings. The number of nitrogens with zero attached hydrogens (tertiary/aromatic N) is 4. The van der Waals surface area contributed by atoms with Gasteiger partial charge in [0.15, 0.2) is 5.65 Å². The average Bonchev–Trinajstić information content (AvgIpc) is 3.23. The molecule has 36 heavy (non-hydrogen) atoms. The molecule has 4 aromatic rings. The van der Waals surface area contributed by atoms with E-state index >= 15 is 0 Å². The molecule has 0 saturated heterocycles. The number of fused-ring (bicyclic) bond motifs is 1. The summed E-state index contributed by atoms with van der Waals surface area (Å²) in [5.74, 6) is -1.69. The minimum atomic E-state index is -1.26. The van der Waals surface area contributed by atoms with Gasteiger partial charge >= 0.3 is 11.9 Å². The van der Waals surface area contributed by atoms with Crippen LogP contribution in [-0.2, 0) is 9.59 Å². The number of likely N-dealkylation sites (N-methyl/N-ethyl adjacent to an activating group) is 1. The summed E-state index contributed by atoms with van der Waals surface area (Å²) >= 11 is 0. The van der Waals surface area contributed by atoms with Crippen LogP contribution < -0.4 is 4.74 Å². The fraction of sp³-hybridized carbons (Fsp3) is 0.185. The Hall–Kier alpha value is -4.50. The van der Waals surface area contributed by atoms with E-state index in [-0.39, 0.29) is 6.10 Å². The Bertz CT molecular complexity index is 1330. The first kappa shape index (κ1) is 26.1. The molecule has 2 N–H and O–H groups in total. The lowest BCUT2D eigenvalue weighted by atomic mass is 10.1. The van der Waals surface area contributed by atoms with E-state index in [0.717, 1.165) is 40.3 Å². The van der Waals surface area contributed by atoms with Crippen LogP contribution in [0, 0.1) is 0 Å². The minimum Gasteiger partial charge on any atom is -0.489 e. The lowest BCUT2D eigenvalue weighted by Crippen LogP contribution is -2.27. The van der Waals surface area contributed by atoms with Crippen LogP contribution in [0.25, 0.3) is 28.0 Å². The van der Waals surface area contributed by atoms with Crippen LogP contribution in [0.15, 0.2) is 85.1 Å². The quantitative estimate of drug-likeness (QED) is 0.356. The van der Waals surface area contributed by atoms with Crippen LogP contribution in [-0.4, -0.2) is 68.6 Å². The number of rotatable bonds is 8.